The molecule has 5 heteroatoms. The summed E-state index contributed by atoms with van der Waals surface area (Å²) in [4.78, 5) is 11.7. The standard InChI is InChI=1S/C15H32N2O3/c1-14(2,3)7-10-16-8-6-9-17-13(20)12(19)15(4,5)11-18/h12,16,18-19H,6-11H2,1-5H3,(H,17,20)/t12-/m0/s1. The fraction of sp³-hybridized carbons (Fsp3) is 0.933. The van der Waals surface area contributed by atoms with Gasteiger partial charge < -0.3 is 20.8 Å². The fourth-order valence-corrected chi connectivity index (χ4v) is 1.55. The third kappa shape index (κ3) is 8.51. The first kappa shape index (κ1) is 19.4. The monoisotopic (exact) mass is 288 g/mol. The second-order valence-corrected chi connectivity index (χ2v) is 7.25. The largest absolute Gasteiger partial charge is 0.396 e. The number of hydrogen-bond donors (Lipinski definition) is 4. The molecule has 0 aromatic carbocycles. The van der Waals surface area contributed by atoms with E-state index in [1.807, 2.05) is 0 Å². The van der Waals surface area contributed by atoms with Gasteiger partial charge in [-0.15, -0.1) is 0 Å². The summed E-state index contributed by atoms with van der Waals surface area (Å²) in [7, 11) is 0. The van der Waals surface area contributed by atoms with Crippen LogP contribution in [0, 0.1) is 10.8 Å². The maximum atomic E-state index is 11.7. The van der Waals surface area contributed by atoms with Gasteiger partial charge in [-0.05, 0) is 31.3 Å². The van der Waals surface area contributed by atoms with E-state index in [9.17, 15) is 9.90 Å². The van der Waals surface area contributed by atoms with Crippen LogP contribution in [0.4, 0.5) is 0 Å². The lowest BCUT2D eigenvalue weighted by atomic mass is 9.87. The van der Waals surface area contributed by atoms with Crippen molar-refractivity contribution in [2.45, 2.75) is 53.6 Å². The molecule has 0 unspecified atom stereocenters. The Bertz CT molecular complexity index is 285. The Labute approximate surface area is 123 Å². The highest BCUT2D eigenvalue weighted by molar-refractivity contribution is 5.81. The lowest BCUT2D eigenvalue weighted by molar-refractivity contribution is -0.137. The van der Waals surface area contributed by atoms with Crippen molar-refractivity contribution < 1.29 is 15.0 Å². The molecule has 20 heavy (non-hydrogen) atoms. The molecule has 0 aliphatic rings. The van der Waals surface area contributed by atoms with Gasteiger partial charge in [-0.2, -0.15) is 0 Å². The van der Waals surface area contributed by atoms with E-state index in [0.717, 1.165) is 25.9 Å². The van der Waals surface area contributed by atoms with Crippen LogP contribution in [0.2, 0.25) is 0 Å². The molecular formula is C15H32N2O3. The van der Waals surface area contributed by atoms with Gasteiger partial charge in [0, 0.05) is 12.0 Å². The zero-order valence-electron chi connectivity index (χ0n) is 13.6. The Balaban J connectivity index is 3.68. The topological polar surface area (TPSA) is 81.6 Å². The number of nitrogens with one attached hydrogen (secondary N) is 2. The smallest absolute Gasteiger partial charge is 0.249 e. The van der Waals surface area contributed by atoms with Crippen molar-refractivity contribution in [2.75, 3.05) is 26.2 Å². The van der Waals surface area contributed by atoms with Crippen LogP contribution in [0.1, 0.15) is 47.5 Å². The number of hydrogen-bond acceptors (Lipinski definition) is 4. The van der Waals surface area contributed by atoms with Gasteiger partial charge in [0.25, 0.3) is 0 Å². The van der Waals surface area contributed by atoms with Gasteiger partial charge in [-0.3, -0.25) is 4.79 Å². The van der Waals surface area contributed by atoms with Crippen LogP contribution in [-0.2, 0) is 4.79 Å². The van der Waals surface area contributed by atoms with Crippen LogP contribution >= 0.6 is 0 Å². The molecule has 0 aromatic rings. The van der Waals surface area contributed by atoms with Crippen molar-refractivity contribution >= 4 is 5.91 Å². The number of aliphatic hydroxyl groups is 2. The molecule has 1 atom stereocenters. The summed E-state index contributed by atoms with van der Waals surface area (Å²) < 4.78 is 0. The van der Waals surface area contributed by atoms with Crippen LogP contribution in [0.25, 0.3) is 0 Å². The molecule has 0 aromatic heterocycles. The number of carbonyl (C=O) groups is 1. The molecule has 0 aliphatic heterocycles. The average Bonchev–Trinajstić information content (AvgIpc) is 2.35. The van der Waals surface area contributed by atoms with Gasteiger partial charge in [0.1, 0.15) is 6.10 Å². The second kappa shape index (κ2) is 8.60. The quantitative estimate of drug-likeness (QED) is 0.475. The SMILES string of the molecule is CC(C)(C)CCNCCCNC(=O)[C@H](O)C(C)(C)CO. The molecule has 0 fully saturated rings. The number of rotatable bonds is 9. The van der Waals surface area contributed by atoms with Gasteiger partial charge in [0.15, 0.2) is 0 Å². The van der Waals surface area contributed by atoms with Crippen LogP contribution in [0.5, 0.6) is 0 Å². The summed E-state index contributed by atoms with van der Waals surface area (Å²) in [6, 6.07) is 0. The van der Waals surface area contributed by atoms with Gasteiger partial charge in [-0.25, -0.2) is 0 Å². The molecule has 0 rings (SSSR count). The van der Waals surface area contributed by atoms with E-state index in [1.54, 1.807) is 13.8 Å². The van der Waals surface area contributed by atoms with E-state index in [-0.39, 0.29) is 6.61 Å². The van der Waals surface area contributed by atoms with Gasteiger partial charge >= 0.3 is 0 Å². The predicted octanol–water partition coefficient (Wildman–Crippen LogP) is 0.898. The van der Waals surface area contributed by atoms with Crippen LogP contribution in [0.15, 0.2) is 0 Å². The summed E-state index contributed by atoms with van der Waals surface area (Å²) in [5, 5.41) is 24.9. The van der Waals surface area contributed by atoms with E-state index < -0.39 is 17.4 Å². The summed E-state index contributed by atoms with van der Waals surface area (Å²) >= 11 is 0. The molecule has 0 spiro atoms. The summed E-state index contributed by atoms with van der Waals surface area (Å²) in [5.74, 6) is -0.418. The molecule has 4 N–H and O–H groups in total. The predicted molar refractivity (Wildman–Crippen MR) is 81.4 cm³/mol. The minimum absolute atomic E-state index is 0.226. The molecule has 0 aliphatic carbocycles. The molecule has 0 heterocycles. The lowest BCUT2D eigenvalue weighted by Gasteiger charge is -2.27. The Hall–Kier alpha value is -0.650. The normalized spacial score (nSPS) is 14.2. The average molecular weight is 288 g/mol. The van der Waals surface area contributed by atoms with Crippen molar-refractivity contribution in [2.24, 2.45) is 10.8 Å². The van der Waals surface area contributed by atoms with Crippen molar-refractivity contribution in [1.82, 2.24) is 10.6 Å². The van der Waals surface area contributed by atoms with E-state index in [0.29, 0.717) is 12.0 Å². The highest BCUT2D eigenvalue weighted by Gasteiger charge is 2.32. The molecule has 120 valence electrons. The first-order valence-corrected chi connectivity index (χ1v) is 7.37. The van der Waals surface area contributed by atoms with Gasteiger partial charge in [0.05, 0.1) is 6.61 Å². The van der Waals surface area contributed by atoms with Crippen molar-refractivity contribution in [3.8, 4) is 0 Å². The first-order valence-electron chi connectivity index (χ1n) is 7.37. The van der Waals surface area contributed by atoms with Crippen LogP contribution < -0.4 is 10.6 Å². The first-order chi connectivity index (χ1) is 9.10. The molecule has 0 bridgehead atoms. The molecular weight excluding hydrogens is 256 g/mol. The molecule has 0 saturated heterocycles. The van der Waals surface area contributed by atoms with Crippen molar-refractivity contribution in [3.05, 3.63) is 0 Å². The maximum Gasteiger partial charge on any atom is 0.249 e. The van der Waals surface area contributed by atoms with Crippen LogP contribution in [-0.4, -0.2) is 48.5 Å². The Morgan fingerprint density at radius 2 is 1.70 bits per heavy atom. The Morgan fingerprint density at radius 1 is 1.10 bits per heavy atom. The maximum absolute atomic E-state index is 11.7. The third-order valence-electron chi connectivity index (χ3n) is 3.28. The fourth-order valence-electron chi connectivity index (χ4n) is 1.55. The van der Waals surface area contributed by atoms with E-state index in [1.165, 1.54) is 0 Å². The number of amides is 1. The highest BCUT2D eigenvalue weighted by atomic mass is 16.3. The molecule has 0 saturated carbocycles. The Morgan fingerprint density at radius 3 is 2.20 bits per heavy atom. The highest BCUT2D eigenvalue weighted by Crippen LogP contribution is 2.19. The summed E-state index contributed by atoms with van der Waals surface area (Å²) in [6.07, 6.45) is 0.756. The zero-order chi connectivity index (χ0) is 15.8. The second-order valence-electron chi connectivity index (χ2n) is 7.25. The third-order valence-corrected chi connectivity index (χ3v) is 3.28. The van der Waals surface area contributed by atoms with Crippen molar-refractivity contribution in [1.29, 1.82) is 0 Å². The van der Waals surface area contributed by atoms with Gasteiger partial charge in [0.2, 0.25) is 5.91 Å². The summed E-state index contributed by atoms with van der Waals surface area (Å²) in [5.41, 5.74) is -0.476. The van der Waals surface area contributed by atoms with Crippen molar-refractivity contribution in [3.63, 3.8) is 0 Å². The minimum atomic E-state index is -1.18. The zero-order valence-corrected chi connectivity index (χ0v) is 13.6. The minimum Gasteiger partial charge on any atom is -0.396 e. The van der Waals surface area contributed by atoms with E-state index in [2.05, 4.69) is 31.4 Å². The number of carbonyl (C=O) groups excluding carboxylic acids is 1. The molecule has 1 amide bonds. The molecule has 5 nitrogen and oxygen atoms in total. The Kier molecular flexibility index (Phi) is 8.32. The van der Waals surface area contributed by atoms with E-state index >= 15 is 0 Å². The molecule has 0 radical (unpaired) electrons. The number of aliphatic hydroxyl groups excluding tert-OH is 2. The lowest BCUT2D eigenvalue weighted by Crippen LogP contribution is -2.46. The van der Waals surface area contributed by atoms with E-state index in [4.69, 9.17) is 5.11 Å². The van der Waals surface area contributed by atoms with Gasteiger partial charge in [-0.1, -0.05) is 34.6 Å². The van der Waals surface area contributed by atoms with Crippen LogP contribution in [0.3, 0.4) is 0 Å². The summed E-state index contributed by atoms with van der Waals surface area (Å²) in [6.45, 7) is 12.1.